The summed E-state index contributed by atoms with van der Waals surface area (Å²) in [5.74, 6) is -0.582. The minimum Gasteiger partial charge on any atom is -0.399 e. The second-order valence-corrected chi connectivity index (χ2v) is 18.5. The molecular weight excluding hydrogens is 880 g/mol. The van der Waals surface area contributed by atoms with Crippen LogP contribution in [0.25, 0.3) is 21.9 Å². The number of fused-ring (bicyclic) bond motifs is 2. The van der Waals surface area contributed by atoms with Gasteiger partial charge in [-0.05, 0) is 75.2 Å². The highest BCUT2D eigenvalue weighted by atomic mass is 19.4. The van der Waals surface area contributed by atoms with E-state index in [-0.39, 0.29) is 41.9 Å². The number of unbranched alkanes of at least 4 members (excludes halogenated alkanes) is 4. The summed E-state index contributed by atoms with van der Waals surface area (Å²) in [6.07, 6.45) is 3.45. The van der Waals surface area contributed by atoms with E-state index in [4.69, 9.17) is 5.73 Å². The number of carbonyl (C=O) groups excluding carboxylic acids is 3. The number of imide groups is 1. The second kappa shape index (κ2) is 20.5. The van der Waals surface area contributed by atoms with Crippen LogP contribution in [0.3, 0.4) is 0 Å². The number of nitrogens with zero attached hydrogens (tertiary/aromatic N) is 9. The van der Waals surface area contributed by atoms with Crippen molar-refractivity contribution >= 4 is 62.5 Å². The van der Waals surface area contributed by atoms with Crippen LogP contribution in [0, 0.1) is 0 Å². The molecule has 0 radical (unpaired) electrons. The lowest BCUT2D eigenvalue weighted by molar-refractivity contribution is -0.650. The van der Waals surface area contributed by atoms with Crippen LogP contribution in [-0.2, 0) is 41.7 Å². The number of nitrogens with one attached hydrogen (secondary N) is 3. The maximum Gasteiger partial charge on any atom is 0.416 e. The van der Waals surface area contributed by atoms with Crippen LogP contribution in [0.4, 0.5) is 36.1 Å². The lowest BCUT2D eigenvalue weighted by atomic mass is 9.92. The highest BCUT2D eigenvalue weighted by Crippen LogP contribution is 2.35. The van der Waals surface area contributed by atoms with Gasteiger partial charge >= 0.3 is 11.7 Å². The number of halogens is 3. The van der Waals surface area contributed by atoms with E-state index in [0.29, 0.717) is 66.4 Å². The summed E-state index contributed by atoms with van der Waals surface area (Å²) in [4.78, 5) is 64.8. The van der Waals surface area contributed by atoms with Crippen molar-refractivity contribution in [3.05, 3.63) is 76.0 Å². The predicted octanol–water partition coefficient (Wildman–Crippen LogP) is 4.27. The number of hydrogen-bond acceptors (Lipinski definition) is 12. The third kappa shape index (κ3) is 10.7. The van der Waals surface area contributed by atoms with Gasteiger partial charge in [0.15, 0.2) is 0 Å². The number of hydrogen-bond donors (Lipinski definition) is 4. The Kier molecular flexibility index (Phi) is 14.5. The summed E-state index contributed by atoms with van der Waals surface area (Å²) >= 11 is 0. The van der Waals surface area contributed by atoms with E-state index in [1.54, 1.807) is 41.2 Å². The fourth-order valence-electron chi connectivity index (χ4n) is 9.94. The molecule has 3 saturated heterocycles. The third-order valence-corrected chi connectivity index (χ3v) is 13.8. The Bertz CT molecular complexity index is 2720. The molecule has 0 spiro atoms. The van der Waals surface area contributed by atoms with Crippen molar-refractivity contribution in [1.82, 2.24) is 39.3 Å². The fraction of sp³-hybridized carbons (Fsp3) is 0.521. The molecule has 3 aliphatic rings. The summed E-state index contributed by atoms with van der Waals surface area (Å²) in [7, 11) is 5.36. The molecule has 3 aliphatic heterocycles. The average molecular weight is 943 g/mol. The van der Waals surface area contributed by atoms with Crippen molar-refractivity contribution in [1.29, 1.82) is 0 Å². The van der Waals surface area contributed by atoms with Gasteiger partial charge in [-0.1, -0.05) is 36.4 Å². The maximum absolute atomic E-state index is 13.7. The predicted molar refractivity (Wildman–Crippen MR) is 255 cm³/mol. The highest BCUT2D eigenvalue weighted by Gasteiger charge is 2.34. The molecule has 6 heterocycles. The lowest BCUT2D eigenvalue weighted by Crippen LogP contribution is -2.50. The van der Waals surface area contributed by atoms with Crippen molar-refractivity contribution in [2.24, 2.45) is 21.1 Å². The number of nitrogen functional groups attached to an aromatic ring is 1. The van der Waals surface area contributed by atoms with Crippen LogP contribution in [0.5, 0.6) is 0 Å². The number of piperidine rings is 1. The molecular formula is C48H63F3N13O4+. The van der Waals surface area contributed by atoms with Crippen LogP contribution in [0.2, 0.25) is 0 Å². The molecule has 3 amide bonds. The van der Waals surface area contributed by atoms with Crippen molar-refractivity contribution in [2.45, 2.75) is 70.0 Å². The molecule has 2 unspecified atom stereocenters. The van der Waals surface area contributed by atoms with Crippen molar-refractivity contribution < 1.29 is 32.1 Å². The van der Waals surface area contributed by atoms with Gasteiger partial charge in [-0.2, -0.15) is 18.3 Å². The summed E-state index contributed by atoms with van der Waals surface area (Å²) < 4.78 is 45.8. The van der Waals surface area contributed by atoms with Gasteiger partial charge in [0.25, 0.3) is 0 Å². The van der Waals surface area contributed by atoms with Crippen molar-refractivity contribution in [3.8, 4) is 0 Å². The zero-order chi connectivity index (χ0) is 48.3. The average Bonchev–Trinajstić information content (AvgIpc) is 3.65. The number of nitrogens with two attached hydrogens (primary N) is 1. The molecule has 2 aromatic carbocycles. The van der Waals surface area contributed by atoms with Crippen molar-refractivity contribution in [3.63, 3.8) is 0 Å². The normalized spacial score (nSPS) is 18.1. The number of piperazine rings is 2. The number of aryl methyl sites for hydroxylation is 3. The first-order valence-corrected chi connectivity index (χ1v) is 23.7. The van der Waals surface area contributed by atoms with E-state index < -0.39 is 23.7 Å². The van der Waals surface area contributed by atoms with E-state index in [2.05, 4.69) is 40.7 Å². The molecule has 0 aliphatic carbocycles. The quantitative estimate of drug-likeness (QED) is 0.0478. The summed E-state index contributed by atoms with van der Waals surface area (Å²) in [5.41, 5.74) is 8.75. The Morgan fingerprint density at radius 2 is 1.59 bits per heavy atom. The van der Waals surface area contributed by atoms with Gasteiger partial charge in [0, 0.05) is 76.9 Å². The molecule has 5 aromatic rings. The van der Waals surface area contributed by atoms with E-state index >= 15 is 0 Å². The molecule has 3 aromatic heterocycles. The molecule has 5 N–H and O–H groups in total. The Balaban J connectivity index is 0.738. The Morgan fingerprint density at radius 3 is 2.26 bits per heavy atom. The monoisotopic (exact) mass is 943 g/mol. The second-order valence-electron chi connectivity index (χ2n) is 18.5. The van der Waals surface area contributed by atoms with Gasteiger partial charge in [-0.15, -0.1) is 0 Å². The summed E-state index contributed by atoms with van der Waals surface area (Å²) in [6, 6.07) is 10.6. The van der Waals surface area contributed by atoms with Gasteiger partial charge in [0.2, 0.25) is 35.5 Å². The number of rotatable bonds is 16. The van der Waals surface area contributed by atoms with Gasteiger partial charge < -0.3 is 26.2 Å². The van der Waals surface area contributed by atoms with Crippen LogP contribution >= 0.6 is 0 Å². The molecule has 68 heavy (non-hydrogen) atoms. The third-order valence-electron chi connectivity index (χ3n) is 13.8. The van der Waals surface area contributed by atoms with Crippen LogP contribution < -0.4 is 36.7 Å². The molecule has 2 atom stereocenters. The molecule has 3 fully saturated rings. The number of benzene rings is 2. The molecule has 364 valence electrons. The zero-order valence-corrected chi connectivity index (χ0v) is 39.4. The lowest BCUT2D eigenvalue weighted by Gasteiger charge is -2.35. The smallest absolute Gasteiger partial charge is 0.399 e. The molecule has 8 rings (SSSR count). The number of anilines is 4. The van der Waals surface area contributed by atoms with E-state index in [1.807, 2.05) is 36.2 Å². The number of alkyl halides is 3. The molecule has 20 heteroatoms. The summed E-state index contributed by atoms with van der Waals surface area (Å²) in [5, 5.41) is 15.2. The Morgan fingerprint density at radius 1 is 0.912 bits per heavy atom. The van der Waals surface area contributed by atoms with Crippen molar-refractivity contribution in [2.75, 3.05) is 93.3 Å². The standard InChI is InChI=1S/C48H62F3N13O4/c1-31(32-25-33(48(49,50)51)27-34(52)26-32)55-44-37-28-39(47(68)59(3)46(37)58(2)30-54-44)63-21-17-61(18-22-63)15-8-6-5-7-9-16-62-19-23-64(24-20-62)41(66)29-53-38-12-10-11-35-42(57-60(4)43(35)38)36-13-14-40(65)56-45(36)67/h10-12,25-28,30-31,36,53H,5-9,13-24,29,52H2,1-4H3,(H,56,65,67)/p+1. The van der Waals surface area contributed by atoms with E-state index in [9.17, 15) is 32.3 Å². The first-order valence-electron chi connectivity index (χ1n) is 23.7. The first kappa shape index (κ1) is 48.2. The number of aromatic nitrogens is 5. The minimum absolute atomic E-state index is 0.0226. The van der Waals surface area contributed by atoms with E-state index in [1.165, 1.54) is 6.07 Å². The van der Waals surface area contributed by atoms with Crippen LogP contribution in [-0.4, -0.2) is 124 Å². The van der Waals surface area contributed by atoms with Crippen LogP contribution in [0.15, 0.2) is 53.6 Å². The van der Waals surface area contributed by atoms with Gasteiger partial charge in [0.05, 0.1) is 55.1 Å². The maximum atomic E-state index is 13.7. The molecule has 0 bridgehead atoms. The number of amides is 3. The topological polar surface area (TPSA) is 183 Å². The molecule has 0 saturated carbocycles. The molecule has 17 nitrogen and oxygen atoms in total. The minimum atomic E-state index is -4.53. The zero-order valence-electron chi connectivity index (χ0n) is 39.4. The highest BCUT2D eigenvalue weighted by molar-refractivity contribution is 6.03. The first-order chi connectivity index (χ1) is 32.5. The SMILES string of the molecule is CC(Nc1nc[n+](C)c2c1cc(N1CCN(CCCCCCCN3CCN(C(=O)CNc4cccc5c(C6CCC(=O)NC6=O)nn(C)c45)CC3)CC1)c(=O)n2C)c1cc(N)cc(C(F)(F)F)c1. The summed E-state index contributed by atoms with van der Waals surface area (Å²) in [6.45, 7) is 10.1. The largest absolute Gasteiger partial charge is 0.416 e. The van der Waals surface area contributed by atoms with Gasteiger partial charge in [0.1, 0.15) is 11.1 Å². The Hall–Kier alpha value is -6.28. The number of carbonyl (C=O) groups is 3. The van der Waals surface area contributed by atoms with Gasteiger partial charge in [-0.3, -0.25) is 34.2 Å². The number of pyridine rings is 1. The fourth-order valence-corrected chi connectivity index (χ4v) is 9.94. The van der Waals surface area contributed by atoms with Crippen LogP contribution in [0.1, 0.15) is 80.7 Å². The Labute approximate surface area is 393 Å². The van der Waals surface area contributed by atoms with Gasteiger partial charge in [-0.25, -0.2) is 13.9 Å². The number of para-hydroxylation sites is 1. The van der Waals surface area contributed by atoms with E-state index in [0.717, 1.165) is 100 Å².